The van der Waals surface area contributed by atoms with Gasteiger partial charge in [-0.15, -0.1) is 0 Å². The zero-order valence-corrected chi connectivity index (χ0v) is 13.0. The maximum absolute atomic E-state index is 11.2. The molecule has 1 aliphatic rings. The number of ketones is 1. The Hall–Kier alpha value is -1.41. The fourth-order valence-corrected chi connectivity index (χ4v) is 2.76. The van der Waals surface area contributed by atoms with Crippen LogP contribution in [0.3, 0.4) is 0 Å². The highest BCUT2D eigenvalue weighted by molar-refractivity contribution is 5.80. The SMILES string of the molecule is CCCOCc1cccc(CC/C=C/[C@H]2CCC(=O)C2)c1. The number of rotatable bonds is 8. The van der Waals surface area contributed by atoms with Gasteiger partial charge < -0.3 is 4.74 Å². The van der Waals surface area contributed by atoms with Gasteiger partial charge in [-0.25, -0.2) is 0 Å². The number of ether oxygens (including phenoxy) is 1. The van der Waals surface area contributed by atoms with Crippen LogP contribution < -0.4 is 0 Å². The van der Waals surface area contributed by atoms with Crippen LogP contribution in [0.25, 0.3) is 0 Å². The zero-order valence-electron chi connectivity index (χ0n) is 13.0. The number of Topliss-reactive ketones (excluding diaryl/α,β-unsaturated/α-hetero) is 1. The van der Waals surface area contributed by atoms with Crippen LogP contribution in [0.4, 0.5) is 0 Å². The maximum atomic E-state index is 11.2. The maximum Gasteiger partial charge on any atom is 0.133 e. The molecule has 0 bridgehead atoms. The van der Waals surface area contributed by atoms with Gasteiger partial charge in [0, 0.05) is 19.4 Å². The van der Waals surface area contributed by atoms with Crippen LogP contribution in [0.2, 0.25) is 0 Å². The van der Waals surface area contributed by atoms with E-state index in [-0.39, 0.29) is 0 Å². The summed E-state index contributed by atoms with van der Waals surface area (Å²) < 4.78 is 5.58. The zero-order chi connectivity index (χ0) is 14.9. The Morgan fingerprint density at radius 1 is 1.33 bits per heavy atom. The van der Waals surface area contributed by atoms with Gasteiger partial charge in [0.1, 0.15) is 5.78 Å². The fraction of sp³-hybridized carbons (Fsp3) is 0.526. The number of allylic oxidation sites excluding steroid dienone is 2. The number of hydrogen-bond acceptors (Lipinski definition) is 2. The minimum atomic E-state index is 0.421. The van der Waals surface area contributed by atoms with Crippen LogP contribution in [-0.4, -0.2) is 12.4 Å². The number of aryl methyl sites for hydroxylation is 1. The van der Waals surface area contributed by atoms with Gasteiger partial charge in [-0.3, -0.25) is 4.79 Å². The van der Waals surface area contributed by atoms with Gasteiger partial charge in [-0.2, -0.15) is 0 Å². The van der Waals surface area contributed by atoms with Gasteiger partial charge >= 0.3 is 0 Å². The van der Waals surface area contributed by atoms with Gasteiger partial charge in [0.15, 0.2) is 0 Å². The predicted octanol–water partition coefficient (Wildman–Crippen LogP) is 4.47. The average molecular weight is 286 g/mol. The molecular formula is C19H26O2. The summed E-state index contributed by atoms with van der Waals surface area (Å²) in [5, 5.41) is 0. The summed E-state index contributed by atoms with van der Waals surface area (Å²) >= 11 is 0. The molecule has 0 heterocycles. The quantitative estimate of drug-likeness (QED) is 0.520. The van der Waals surface area contributed by atoms with E-state index in [4.69, 9.17) is 4.74 Å². The molecule has 0 N–H and O–H groups in total. The Morgan fingerprint density at radius 2 is 2.19 bits per heavy atom. The van der Waals surface area contributed by atoms with Crippen LogP contribution >= 0.6 is 0 Å². The van der Waals surface area contributed by atoms with E-state index in [2.05, 4.69) is 43.3 Å². The van der Waals surface area contributed by atoms with Crippen molar-refractivity contribution in [3.05, 3.63) is 47.5 Å². The summed E-state index contributed by atoms with van der Waals surface area (Å²) in [7, 11) is 0. The van der Waals surface area contributed by atoms with Crippen LogP contribution in [-0.2, 0) is 22.6 Å². The molecule has 0 unspecified atom stereocenters. The first-order valence-electron chi connectivity index (χ1n) is 8.12. The van der Waals surface area contributed by atoms with Gasteiger partial charge in [0.05, 0.1) is 6.61 Å². The Morgan fingerprint density at radius 3 is 2.95 bits per heavy atom. The Bertz CT molecular complexity index is 476. The van der Waals surface area contributed by atoms with E-state index in [1.165, 1.54) is 11.1 Å². The van der Waals surface area contributed by atoms with Crippen molar-refractivity contribution in [3.63, 3.8) is 0 Å². The van der Waals surface area contributed by atoms with Crippen LogP contribution in [0.1, 0.15) is 50.2 Å². The molecule has 1 atom stereocenters. The van der Waals surface area contributed by atoms with Crippen molar-refractivity contribution in [2.24, 2.45) is 5.92 Å². The number of carbonyl (C=O) groups is 1. The van der Waals surface area contributed by atoms with Crippen LogP contribution in [0.5, 0.6) is 0 Å². The van der Waals surface area contributed by atoms with Crippen LogP contribution in [0, 0.1) is 5.92 Å². The summed E-state index contributed by atoms with van der Waals surface area (Å²) in [6.45, 7) is 3.66. The van der Waals surface area contributed by atoms with E-state index in [9.17, 15) is 4.79 Å². The molecule has 1 aromatic rings. The van der Waals surface area contributed by atoms with E-state index in [0.717, 1.165) is 45.1 Å². The van der Waals surface area contributed by atoms with E-state index >= 15 is 0 Å². The number of benzene rings is 1. The third-order valence-corrected chi connectivity index (χ3v) is 3.90. The minimum absolute atomic E-state index is 0.421. The molecule has 0 saturated heterocycles. The topological polar surface area (TPSA) is 26.3 Å². The van der Waals surface area contributed by atoms with Crippen molar-refractivity contribution in [1.29, 1.82) is 0 Å². The second kappa shape index (κ2) is 8.78. The standard InChI is InChI=1S/C19H26O2/c1-2-12-21-15-18-9-5-8-16(13-18)6-3-4-7-17-10-11-19(20)14-17/h4-5,7-9,13,17H,2-3,6,10-12,14-15H2,1H3/b7-4+/t17-/m0/s1. The third kappa shape index (κ3) is 5.84. The second-order valence-corrected chi connectivity index (χ2v) is 5.88. The number of hydrogen-bond donors (Lipinski definition) is 0. The molecule has 0 radical (unpaired) electrons. The van der Waals surface area contributed by atoms with Crippen molar-refractivity contribution < 1.29 is 9.53 Å². The highest BCUT2D eigenvalue weighted by Crippen LogP contribution is 2.23. The lowest BCUT2D eigenvalue weighted by Gasteiger charge is -2.05. The second-order valence-electron chi connectivity index (χ2n) is 5.88. The molecule has 21 heavy (non-hydrogen) atoms. The fourth-order valence-electron chi connectivity index (χ4n) is 2.76. The van der Waals surface area contributed by atoms with Crippen LogP contribution in [0.15, 0.2) is 36.4 Å². The molecule has 1 fully saturated rings. The van der Waals surface area contributed by atoms with E-state index < -0.39 is 0 Å². The molecule has 0 amide bonds. The van der Waals surface area contributed by atoms with Crippen molar-refractivity contribution >= 4 is 5.78 Å². The van der Waals surface area contributed by atoms with E-state index in [0.29, 0.717) is 18.3 Å². The van der Waals surface area contributed by atoms with E-state index in [1.54, 1.807) is 0 Å². The lowest BCUT2D eigenvalue weighted by molar-refractivity contribution is -0.117. The normalized spacial score (nSPS) is 18.7. The Balaban J connectivity index is 1.73. The predicted molar refractivity (Wildman–Crippen MR) is 86.2 cm³/mol. The molecule has 1 aromatic carbocycles. The Kier molecular flexibility index (Phi) is 6.68. The van der Waals surface area contributed by atoms with Gasteiger partial charge in [0.25, 0.3) is 0 Å². The lowest BCUT2D eigenvalue weighted by Crippen LogP contribution is -1.95. The summed E-state index contributed by atoms with van der Waals surface area (Å²) in [5.41, 5.74) is 2.62. The van der Waals surface area contributed by atoms with Gasteiger partial charge in [-0.1, -0.05) is 43.3 Å². The molecule has 114 valence electrons. The summed E-state index contributed by atoms with van der Waals surface area (Å²) in [5.74, 6) is 0.913. The van der Waals surface area contributed by atoms with Crippen molar-refractivity contribution in [2.75, 3.05) is 6.61 Å². The average Bonchev–Trinajstić information content (AvgIpc) is 2.90. The minimum Gasteiger partial charge on any atom is -0.377 e. The summed E-state index contributed by atoms with van der Waals surface area (Å²) in [4.78, 5) is 11.2. The van der Waals surface area contributed by atoms with Crippen molar-refractivity contribution in [2.45, 2.75) is 52.1 Å². The van der Waals surface area contributed by atoms with Gasteiger partial charge in [-0.05, 0) is 42.7 Å². The molecule has 0 aromatic heterocycles. The molecule has 0 aliphatic heterocycles. The highest BCUT2D eigenvalue weighted by Gasteiger charge is 2.18. The molecular weight excluding hydrogens is 260 g/mol. The molecule has 1 aliphatic carbocycles. The molecule has 2 heteroatoms. The smallest absolute Gasteiger partial charge is 0.133 e. The Labute approximate surface area is 128 Å². The number of carbonyl (C=O) groups excluding carboxylic acids is 1. The first-order valence-corrected chi connectivity index (χ1v) is 8.12. The largest absolute Gasteiger partial charge is 0.377 e. The monoisotopic (exact) mass is 286 g/mol. The molecule has 2 rings (SSSR count). The third-order valence-electron chi connectivity index (χ3n) is 3.90. The molecule has 1 saturated carbocycles. The van der Waals surface area contributed by atoms with E-state index in [1.807, 2.05) is 0 Å². The van der Waals surface area contributed by atoms with Gasteiger partial charge in [0.2, 0.25) is 0 Å². The highest BCUT2D eigenvalue weighted by atomic mass is 16.5. The first kappa shape index (κ1) is 16.0. The van der Waals surface area contributed by atoms with Crippen molar-refractivity contribution in [1.82, 2.24) is 0 Å². The van der Waals surface area contributed by atoms with Crippen molar-refractivity contribution in [3.8, 4) is 0 Å². The summed E-state index contributed by atoms with van der Waals surface area (Å²) in [6.07, 6.45) is 10.2. The summed E-state index contributed by atoms with van der Waals surface area (Å²) in [6, 6.07) is 8.65. The lowest BCUT2D eigenvalue weighted by atomic mass is 10.0. The molecule has 2 nitrogen and oxygen atoms in total. The first-order chi connectivity index (χ1) is 10.3. The molecule has 0 spiro atoms.